The molecule has 3 aromatic rings. The van der Waals surface area contributed by atoms with E-state index in [1.165, 1.54) is 7.11 Å². The first-order valence-corrected chi connectivity index (χ1v) is 9.32. The van der Waals surface area contributed by atoms with Gasteiger partial charge in [0.05, 0.1) is 18.4 Å². The van der Waals surface area contributed by atoms with E-state index in [2.05, 4.69) is 5.32 Å². The molecule has 3 aromatic carbocycles. The van der Waals surface area contributed by atoms with Crippen molar-refractivity contribution in [1.82, 2.24) is 0 Å². The number of carbonyl (C=O) groups is 2. The lowest BCUT2D eigenvalue weighted by molar-refractivity contribution is -0.120. The average molecular weight is 405 g/mol. The number of amides is 2. The van der Waals surface area contributed by atoms with Crippen molar-refractivity contribution in [3.63, 3.8) is 0 Å². The third-order valence-electron chi connectivity index (χ3n) is 4.59. The number of anilines is 2. The fourth-order valence-corrected chi connectivity index (χ4v) is 3.36. The number of nitrogens with zero attached hydrogens (tertiary/aromatic N) is 1. The Morgan fingerprint density at radius 1 is 0.828 bits per heavy atom. The van der Waals surface area contributed by atoms with E-state index in [1.807, 2.05) is 36.4 Å². The molecule has 1 aliphatic rings. The Morgan fingerprint density at radius 3 is 2.17 bits per heavy atom. The Balaban J connectivity index is 1.86. The smallest absolute Gasteiger partial charge is 0.282 e. The second kappa shape index (κ2) is 7.81. The highest BCUT2D eigenvalue weighted by molar-refractivity contribution is 6.46. The first kappa shape index (κ1) is 18.8. The zero-order chi connectivity index (χ0) is 20.4. The van der Waals surface area contributed by atoms with Crippen LogP contribution in [0, 0.1) is 0 Å². The Morgan fingerprint density at radius 2 is 1.48 bits per heavy atom. The molecule has 0 bridgehead atoms. The van der Waals surface area contributed by atoms with Gasteiger partial charge in [-0.1, -0.05) is 48.0 Å². The number of para-hydroxylation sites is 2. The molecule has 0 unspecified atom stereocenters. The lowest BCUT2D eigenvalue weighted by Gasteiger charge is -2.15. The van der Waals surface area contributed by atoms with Crippen LogP contribution in [0.5, 0.6) is 5.75 Å². The average Bonchev–Trinajstić information content (AvgIpc) is 2.99. The minimum absolute atomic E-state index is 0.195. The number of methoxy groups -OCH3 is 1. The van der Waals surface area contributed by atoms with E-state index in [4.69, 9.17) is 16.3 Å². The molecule has 29 heavy (non-hydrogen) atoms. The summed E-state index contributed by atoms with van der Waals surface area (Å²) in [5.74, 6) is -0.365. The van der Waals surface area contributed by atoms with E-state index in [0.29, 0.717) is 27.7 Å². The van der Waals surface area contributed by atoms with Crippen molar-refractivity contribution in [3.8, 4) is 5.75 Å². The highest BCUT2D eigenvalue weighted by Crippen LogP contribution is 2.37. The van der Waals surface area contributed by atoms with Crippen LogP contribution in [0.3, 0.4) is 0 Å². The number of hydrogen-bond acceptors (Lipinski definition) is 4. The van der Waals surface area contributed by atoms with Gasteiger partial charge in [-0.15, -0.1) is 0 Å². The van der Waals surface area contributed by atoms with Crippen molar-refractivity contribution in [1.29, 1.82) is 0 Å². The van der Waals surface area contributed by atoms with Gasteiger partial charge in [-0.25, -0.2) is 4.90 Å². The molecule has 0 aliphatic carbocycles. The van der Waals surface area contributed by atoms with Crippen molar-refractivity contribution in [2.24, 2.45) is 0 Å². The number of imide groups is 1. The fourth-order valence-electron chi connectivity index (χ4n) is 3.24. The summed E-state index contributed by atoms with van der Waals surface area (Å²) in [6.07, 6.45) is 0. The maximum absolute atomic E-state index is 13.4. The first-order chi connectivity index (χ1) is 14.1. The molecule has 0 spiro atoms. The predicted octanol–water partition coefficient (Wildman–Crippen LogP) is 4.75. The van der Waals surface area contributed by atoms with Crippen LogP contribution in [0.25, 0.3) is 5.57 Å². The SMILES string of the molecule is COc1ccccc1C1=C(Nc2ccccc2)C(=O)N(c2ccc(Cl)cc2)C1=O. The fraction of sp³-hybridized carbons (Fsp3) is 0.0435. The van der Waals surface area contributed by atoms with Crippen molar-refractivity contribution >= 4 is 40.4 Å². The third-order valence-corrected chi connectivity index (χ3v) is 4.84. The summed E-state index contributed by atoms with van der Waals surface area (Å²) < 4.78 is 5.44. The topological polar surface area (TPSA) is 58.6 Å². The standard InChI is InChI=1S/C23H17ClN2O3/c1-29-19-10-6-5-9-18(19)20-21(25-16-7-3-2-4-8-16)23(28)26(22(20)27)17-13-11-15(24)12-14-17/h2-14,25H,1H3. The van der Waals surface area contributed by atoms with Gasteiger partial charge in [0.1, 0.15) is 11.4 Å². The number of hydrogen-bond donors (Lipinski definition) is 1. The summed E-state index contributed by atoms with van der Waals surface area (Å²) in [5.41, 5.74) is 2.14. The molecule has 0 fully saturated rings. The van der Waals surface area contributed by atoms with Crippen LogP contribution in [-0.4, -0.2) is 18.9 Å². The largest absolute Gasteiger partial charge is 0.496 e. The Labute approximate surface area is 173 Å². The summed E-state index contributed by atoms with van der Waals surface area (Å²) in [6, 6.07) is 22.9. The summed E-state index contributed by atoms with van der Waals surface area (Å²) in [7, 11) is 1.53. The van der Waals surface area contributed by atoms with Crippen LogP contribution in [0.4, 0.5) is 11.4 Å². The van der Waals surface area contributed by atoms with E-state index < -0.39 is 11.8 Å². The van der Waals surface area contributed by atoms with Gasteiger partial charge in [0.2, 0.25) is 0 Å². The number of carbonyl (C=O) groups excluding carboxylic acids is 2. The van der Waals surface area contributed by atoms with Gasteiger partial charge in [-0.3, -0.25) is 9.59 Å². The van der Waals surface area contributed by atoms with Gasteiger partial charge in [-0.2, -0.15) is 0 Å². The maximum atomic E-state index is 13.4. The van der Waals surface area contributed by atoms with Crippen LogP contribution in [0.2, 0.25) is 5.02 Å². The van der Waals surface area contributed by atoms with Crippen LogP contribution >= 0.6 is 11.6 Å². The molecule has 144 valence electrons. The molecule has 4 rings (SSSR count). The number of benzene rings is 3. The normalized spacial score (nSPS) is 13.8. The van der Waals surface area contributed by atoms with Crippen molar-refractivity contribution < 1.29 is 14.3 Å². The Hall–Kier alpha value is -3.57. The highest BCUT2D eigenvalue weighted by atomic mass is 35.5. The van der Waals surface area contributed by atoms with Gasteiger partial charge in [-0.05, 0) is 42.5 Å². The predicted molar refractivity (Wildman–Crippen MR) is 114 cm³/mol. The van der Waals surface area contributed by atoms with Gasteiger partial charge >= 0.3 is 0 Å². The molecule has 1 heterocycles. The molecule has 1 aliphatic heterocycles. The van der Waals surface area contributed by atoms with Gasteiger partial charge < -0.3 is 10.1 Å². The quantitative estimate of drug-likeness (QED) is 0.624. The summed E-state index contributed by atoms with van der Waals surface area (Å²) >= 11 is 5.96. The van der Waals surface area contributed by atoms with Crippen molar-refractivity contribution in [3.05, 3.63) is 95.1 Å². The molecular formula is C23H17ClN2O3. The molecule has 0 saturated carbocycles. The van der Waals surface area contributed by atoms with Crippen LogP contribution in [-0.2, 0) is 9.59 Å². The molecule has 1 N–H and O–H groups in total. The van der Waals surface area contributed by atoms with Gasteiger partial charge in [0.25, 0.3) is 11.8 Å². The van der Waals surface area contributed by atoms with Gasteiger partial charge in [0.15, 0.2) is 0 Å². The number of rotatable bonds is 5. The molecule has 0 saturated heterocycles. The molecule has 0 radical (unpaired) electrons. The summed E-state index contributed by atoms with van der Waals surface area (Å²) in [6.45, 7) is 0. The molecular weight excluding hydrogens is 388 g/mol. The van der Waals surface area contributed by atoms with Crippen LogP contribution in [0.15, 0.2) is 84.6 Å². The van der Waals surface area contributed by atoms with E-state index in [1.54, 1.807) is 42.5 Å². The molecule has 5 nitrogen and oxygen atoms in total. The van der Waals surface area contributed by atoms with E-state index in [0.717, 1.165) is 4.90 Å². The second-order valence-corrected chi connectivity index (χ2v) is 6.80. The zero-order valence-electron chi connectivity index (χ0n) is 15.6. The Kier molecular flexibility index (Phi) is 5.06. The van der Waals surface area contributed by atoms with E-state index in [9.17, 15) is 9.59 Å². The van der Waals surface area contributed by atoms with Crippen LogP contribution in [0.1, 0.15) is 5.56 Å². The lowest BCUT2D eigenvalue weighted by atomic mass is 10.0. The lowest BCUT2D eigenvalue weighted by Crippen LogP contribution is -2.32. The molecule has 2 amide bonds. The first-order valence-electron chi connectivity index (χ1n) is 8.94. The number of halogens is 1. The summed E-state index contributed by atoms with van der Waals surface area (Å²) in [4.78, 5) is 27.8. The van der Waals surface area contributed by atoms with Crippen molar-refractivity contribution in [2.45, 2.75) is 0 Å². The molecule has 0 atom stereocenters. The highest BCUT2D eigenvalue weighted by Gasteiger charge is 2.41. The van der Waals surface area contributed by atoms with E-state index in [-0.39, 0.29) is 11.3 Å². The Bertz CT molecular complexity index is 1110. The monoisotopic (exact) mass is 404 g/mol. The number of ether oxygens (including phenoxy) is 1. The zero-order valence-corrected chi connectivity index (χ0v) is 16.3. The van der Waals surface area contributed by atoms with Crippen LogP contribution < -0.4 is 15.0 Å². The number of nitrogens with one attached hydrogen (secondary N) is 1. The molecule has 6 heteroatoms. The maximum Gasteiger partial charge on any atom is 0.282 e. The van der Waals surface area contributed by atoms with Gasteiger partial charge in [0, 0.05) is 16.3 Å². The minimum atomic E-state index is -0.443. The third kappa shape index (κ3) is 3.48. The molecule has 0 aromatic heterocycles. The summed E-state index contributed by atoms with van der Waals surface area (Å²) in [5, 5.41) is 3.64. The minimum Gasteiger partial charge on any atom is -0.496 e. The second-order valence-electron chi connectivity index (χ2n) is 6.36. The van der Waals surface area contributed by atoms with Crippen molar-refractivity contribution in [2.75, 3.05) is 17.3 Å². The van der Waals surface area contributed by atoms with E-state index >= 15 is 0 Å².